The van der Waals surface area contributed by atoms with Gasteiger partial charge < -0.3 is 15.1 Å². The molecular weight excluding hydrogens is 266 g/mol. The van der Waals surface area contributed by atoms with Gasteiger partial charge in [0.15, 0.2) is 5.11 Å². The molecule has 0 aromatic carbocycles. The minimum absolute atomic E-state index is 0.685. The van der Waals surface area contributed by atoms with Gasteiger partial charge in [-0.2, -0.15) is 0 Å². The van der Waals surface area contributed by atoms with E-state index in [1.807, 2.05) is 0 Å². The van der Waals surface area contributed by atoms with Crippen LogP contribution in [0.15, 0.2) is 0 Å². The zero-order chi connectivity index (χ0) is 13.8. The molecule has 2 saturated heterocycles. The maximum atomic E-state index is 5.64. The molecule has 20 heavy (non-hydrogen) atoms. The van der Waals surface area contributed by atoms with Crippen molar-refractivity contribution in [2.75, 3.05) is 26.2 Å². The topological polar surface area (TPSA) is 18.5 Å². The molecule has 0 bridgehead atoms. The van der Waals surface area contributed by atoms with Crippen LogP contribution in [0.2, 0.25) is 0 Å². The molecule has 3 fully saturated rings. The summed E-state index contributed by atoms with van der Waals surface area (Å²) in [6, 6.07) is 1.37. The van der Waals surface area contributed by atoms with Crippen molar-refractivity contribution in [2.24, 2.45) is 0 Å². The van der Waals surface area contributed by atoms with E-state index in [9.17, 15) is 0 Å². The number of hydrogen-bond acceptors (Lipinski definition) is 2. The van der Waals surface area contributed by atoms with Gasteiger partial charge in [0.2, 0.25) is 0 Å². The van der Waals surface area contributed by atoms with Crippen molar-refractivity contribution in [3.63, 3.8) is 0 Å². The van der Waals surface area contributed by atoms with E-state index in [0.717, 1.165) is 5.11 Å². The Morgan fingerprint density at radius 1 is 0.950 bits per heavy atom. The third-order valence-electron chi connectivity index (χ3n) is 5.02. The van der Waals surface area contributed by atoms with Crippen LogP contribution in [0, 0.1) is 0 Å². The number of thiocarbonyl (C=S) groups is 1. The van der Waals surface area contributed by atoms with Crippen molar-refractivity contribution in [3.8, 4) is 0 Å². The van der Waals surface area contributed by atoms with Gasteiger partial charge in [-0.15, -0.1) is 0 Å². The third-order valence-corrected chi connectivity index (χ3v) is 5.37. The summed E-state index contributed by atoms with van der Waals surface area (Å²) < 4.78 is 0. The Morgan fingerprint density at radius 2 is 1.70 bits per heavy atom. The average molecular weight is 295 g/mol. The van der Waals surface area contributed by atoms with Crippen molar-refractivity contribution in [2.45, 2.75) is 69.9 Å². The normalized spacial score (nSPS) is 28.4. The van der Waals surface area contributed by atoms with Crippen molar-refractivity contribution in [1.82, 2.24) is 15.1 Å². The third kappa shape index (κ3) is 4.08. The highest BCUT2D eigenvalue weighted by molar-refractivity contribution is 7.80. The number of piperidine rings is 2. The Kier molecular flexibility index (Phi) is 5.16. The SMILES string of the molecule is S=C(NC1CC1)N1CCCCC1CCN1CCCCC1. The van der Waals surface area contributed by atoms with E-state index in [4.69, 9.17) is 12.2 Å². The predicted octanol–water partition coefficient (Wildman–Crippen LogP) is 2.75. The number of hydrogen-bond donors (Lipinski definition) is 1. The summed E-state index contributed by atoms with van der Waals surface area (Å²) >= 11 is 5.64. The van der Waals surface area contributed by atoms with Crippen molar-refractivity contribution in [3.05, 3.63) is 0 Å². The lowest BCUT2D eigenvalue weighted by Gasteiger charge is -2.39. The molecule has 0 aromatic rings. The average Bonchev–Trinajstić information content (AvgIpc) is 3.30. The number of rotatable bonds is 4. The highest BCUT2D eigenvalue weighted by atomic mass is 32.1. The van der Waals surface area contributed by atoms with E-state index in [2.05, 4.69) is 15.1 Å². The first-order valence-electron chi connectivity index (χ1n) is 8.62. The molecule has 0 aromatic heterocycles. The number of likely N-dealkylation sites (tertiary alicyclic amines) is 2. The van der Waals surface area contributed by atoms with Crippen LogP contribution in [0.25, 0.3) is 0 Å². The number of nitrogens with zero attached hydrogens (tertiary/aromatic N) is 2. The van der Waals surface area contributed by atoms with Crippen LogP contribution in [-0.4, -0.2) is 53.2 Å². The largest absolute Gasteiger partial charge is 0.360 e. The molecule has 0 radical (unpaired) electrons. The quantitative estimate of drug-likeness (QED) is 0.804. The van der Waals surface area contributed by atoms with Gasteiger partial charge in [0.1, 0.15) is 0 Å². The van der Waals surface area contributed by atoms with E-state index >= 15 is 0 Å². The van der Waals surface area contributed by atoms with Gasteiger partial charge in [0, 0.05) is 25.2 Å². The van der Waals surface area contributed by atoms with E-state index in [1.165, 1.54) is 84.0 Å². The Balaban J connectivity index is 1.47. The summed E-state index contributed by atoms with van der Waals surface area (Å²) in [5, 5.41) is 4.57. The summed E-state index contributed by atoms with van der Waals surface area (Å²) in [6.07, 6.45) is 12.2. The Bertz CT molecular complexity index is 324. The minimum atomic E-state index is 0.685. The van der Waals surface area contributed by atoms with Crippen LogP contribution in [0.5, 0.6) is 0 Å². The van der Waals surface area contributed by atoms with Crippen LogP contribution in [0.1, 0.15) is 57.8 Å². The first kappa shape index (κ1) is 14.6. The van der Waals surface area contributed by atoms with Crippen LogP contribution in [0.3, 0.4) is 0 Å². The summed E-state index contributed by atoms with van der Waals surface area (Å²) in [5.74, 6) is 0. The molecule has 3 rings (SSSR count). The van der Waals surface area contributed by atoms with E-state index in [-0.39, 0.29) is 0 Å². The molecule has 1 saturated carbocycles. The van der Waals surface area contributed by atoms with Crippen LogP contribution >= 0.6 is 12.2 Å². The smallest absolute Gasteiger partial charge is 0.169 e. The van der Waals surface area contributed by atoms with Gasteiger partial charge in [-0.1, -0.05) is 6.42 Å². The van der Waals surface area contributed by atoms with E-state index < -0.39 is 0 Å². The molecular formula is C16H29N3S. The molecule has 114 valence electrons. The molecule has 3 nitrogen and oxygen atoms in total. The summed E-state index contributed by atoms with van der Waals surface area (Å²) in [4.78, 5) is 5.16. The molecule has 3 aliphatic rings. The van der Waals surface area contributed by atoms with Crippen LogP contribution in [0.4, 0.5) is 0 Å². The maximum Gasteiger partial charge on any atom is 0.169 e. The maximum absolute atomic E-state index is 5.64. The summed E-state index contributed by atoms with van der Waals surface area (Å²) in [7, 11) is 0. The fraction of sp³-hybridized carbons (Fsp3) is 0.938. The standard InChI is InChI=1S/C16H29N3S/c20-16(17-14-7-8-14)19-12-5-2-6-15(19)9-13-18-10-3-1-4-11-18/h14-15H,1-13H2,(H,17,20). The lowest BCUT2D eigenvalue weighted by atomic mass is 9.99. The fourth-order valence-electron chi connectivity index (χ4n) is 3.57. The zero-order valence-electron chi connectivity index (χ0n) is 12.6. The van der Waals surface area contributed by atoms with E-state index in [1.54, 1.807) is 0 Å². The van der Waals surface area contributed by atoms with Crippen molar-refractivity contribution >= 4 is 17.3 Å². The lowest BCUT2D eigenvalue weighted by molar-refractivity contribution is 0.174. The molecule has 1 unspecified atom stereocenters. The molecule has 1 atom stereocenters. The zero-order valence-corrected chi connectivity index (χ0v) is 13.5. The number of nitrogens with one attached hydrogen (secondary N) is 1. The molecule has 2 heterocycles. The van der Waals surface area contributed by atoms with Gasteiger partial charge in [-0.25, -0.2) is 0 Å². The Labute approximate surface area is 129 Å². The minimum Gasteiger partial charge on any atom is -0.360 e. The van der Waals surface area contributed by atoms with Gasteiger partial charge in [-0.05, 0) is 76.7 Å². The van der Waals surface area contributed by atoms with Gasteiger partial charge in [-0.3, -0.25) is 0 Å². The predicted molar refractivity (Wildman–Crippen MR) is 88.0 cm³/mol. The molecule has 1 N–H and O–H groups in total. The second kappa shape index (κ2) is 7.08. The lowest BCUT2D eigenvalue weighted by Crippen LogP contribution is -2.50. The van der Waals surface area contributed by atoms with Crippen LogP contribution < -0.4 is 5.32 Å². The van der Waals surface area contributed by atoms with Gasteiger partial charge in [0.25, 0.3) is 0 Å². The Morgan fingerprint density at radius 3 is 2.45 bits per heavy atom. The van der Waals surface area contributed by atoms with Crippen molar-refractivity contribution < 1.29 is 0 Å². The molecule has 4 heteroatoms. The van der Waals surface area contributed by atoms with E-state index in [0.29, 0.717) is 12.1 Å². The molecule has 0 spiro atoms. The van der Waals surface area contributed by atoms with Crippen LogP contribution in [-0.2, 0) is 0 Å². The first-order valence-corrected chi connectivity index (χ1v) is 9.03. The molecule has 0 amide bonds. The fourth-order valence-corrected chi connectivity index (χ4v) is 3.97. The molecule has 1 aliphatic carbocycles. The highest BCUT2D eigenvalue weighted by Gasteiger charge is 2.29. The summed E-state index contributed by atoms with van der Waals surface area (Å²) in [6.45, 7) is 5.07. The second-order valence-corrected chi connectivity index (χ2v) is 7.14. The molecule has 2 aliphatic heterocycles. The van der Waals surface area contributed by atoms with Gasteiger partial charge in [0.05, 0.1) is 0 Å². The second-order valence-electron chi connectivity index (χ2n) is 6.76. The van der Waals surface area contributed by atoms with Gasteiger partial charge >= 0.3 is 0 Å². The summed E-state index contributed by atoms with van der Waals surface area (Å²) in [5.41, 5.74) is 0. The monoisotopic (exact) mass is 295 g/mol. The first-order chi connectivity index (χ1) is 9.83. The van der Waals surface area contributed by atoms with Crippen molar-refractivity contribution in [1.29, 1.82) is 0 Å². The highest BCUT2D eigenvalue weighted by Crippen LogP contribution is 2.24. The Hall–Kier alpha value is -0.350.